The summed E-state index contributed by atoms with van der Waals surface area (Å²) in [7, 11) is 0. The van der Waals surface area contributed by atoms with Crippen LogP contribution in [0.1, 0.15) is 44.7 Å². The third kappa shape index (κ3) is 4.88. The van der Waals surface area contributed by atoms with Crippen LogP contribution in [0.2, 0.25) is 0 Å². The van der Waals surface area contributed by atoms with Gasteiger partial charge in [-0.15, -0.1) is 0 Å². The van der Waals surface area contributed by atoms with Crippen molar-refractivity contribution in [2.24, 2.45) is 0 Å². The average molecular weight is 290 g/mol. The summed E-state index contributed by atoms with van der Waals surface area (Å²) in [5.41, 5.74) is 3.16. The molecule has 0 radical (unpaired) electrons. The Balaban J connectivity index is 2.88. The lowest BCUT2D eigenvalue weighted by atomic mass is 10.0. The van der Waals surface area contributed by atoms with Crippen molar-refractivity contribution in [2.45, 2.75) is 47.0 Å². The summed E-state index contributed by atoms with van der Waals surface area (Å²) in [4.78, 5) is 25.5. The number of anilines is 1. The average Bonchev–Trinajstić information content (AvgIpc) is 2.46. The van der Waals surface area contributed by atoms with Gasteiger partial charge < -0.3 is 10.2 Å². The summed E-state index contributed by atoms with van der Waals surface area (Å²) in [6.45, 7) is 8.75. The van der Waals surface area contributed by atoms with Crippen molar-refractivity contribution in [2.75, 3.05) is 18.0 Å². The molecule has 0 fully saturated rings. The molecule has 0 bridgehead atoms. The van der Waals surface area contributed by atoms with E-state index >= 15 is 0 Å². The Labute approximate surface area is 127 Å². The smallest absolute Gasteiger partial charge is 0.223 e. The molecule has 0 atom stereocenters. The topological polar surface area (TPSA) is 49.4 Å². The zero-order valence-corrected chi connectivity index (χ0v) is 13.5. The molecule has 4 heteroatoms. The molecule has 0 saturated carbocycles. The van der Waals surface area contributed by atoms with E-state index < -0.39 is 0 Å². The van der Waals surface area contributed by atoms with E-state index in [0.29, 0.717) is 19.5 Å². The van der Waals surface area contributed by atoms with Gasteiger partial charge in [-0.2, -0.15) is 0 Å². The Morgan fingerprint density at radius 2 is 1.95 bits per heavy atom. The molecule has 1 N–H and O–H groups in total. The monoisotopic (exact) mass is 290 g/mol. The van der Waals surface area contributed by atoms with Gasteiger partial charge in [-0.25, -0.2) is 0 Å². The Bertz CT molecular complexity index is 498. The van der Waals surface area contributed by atoms with Gasteiger partial charge in [0.05, 0.1) is 0 Å². The first kappa shape index (κ1) is 17.2. The van der Waals surface area contributed by atoms with Gasteiger partial charge in [0, 0.05) is 32.1 Å². The van der Waals surface area contributed by atoms with Crippen molar-refractivity contribution >= 4 is 17.5 Å². The van der Waals surface area contributed by atoms with Gasteiger partial charge in [0.1, 0.15) is 0 Å². The predicted molar refractivity (Wildman–Crippen MR) is 86.5 cm³/mol. The number of carbonyl (C=O) groups excluding carboxylic acids is 2. The molecule has 0 heterocycles. The van der Waals surface area contributed by atoms with Gasteiger partial charge in [0.2, 0.25) is 11.8 Å². The third-order valence-electron chi connectivity index (χ3n) is 3.49. The maximum Gasteiger partial charge on any atom is 0.223 e. The van der Waals surface area contributed by atoms with E-state index in [9.17, 15) is 9.59 Å². The summed E-state index contributed by atoms with van der Waals surface area (Å²) in [6, 6.07) is 6.04. The highest BCUT2D eigenvalue weighted by atomic mass is 16.2. The SMILES string of the molecule is CCCNC(=O)CCN(C(C)=O)c1c(C)cccc1CC. The number of nitrogens with zero attached hydrogens (tertiary/aromatic N) is 1. The fourth-order valence-electron chi connectivity index (χ4n) is 2.38. The molecule has 0 aliphatic carbocycles. The molecule has 0 spiro atoms. The fourth-order valence-corrected chi connectivity index (χ4v) is 2.38. The van der Waals surface area contributed by atoms with Crippen LogP contribution >= 0.6 is 0 Å². The highest BCUT2D eigenvalue weighted by Crippen LogP contribution is 2.26. The standard InChI is InChI=1S/C17H26N2O2/c1-5-11-18-16(21)10-12-19(14(4)20)17-13(3)8-7-9-15(17)6-2/h7-9H,5-6,10-12H2,1-4H3,(H,18,21). The molecule has 0 aromatic heterocycles. The third-order valence-corrected chi connectivity index (χ3v) is 3.49. The van der Waals surface area contributed by atoms with E-state index in [2.05, 4.69) is 12.2 Å². The van der Waals surface area contributed by atoms with Crippen molar-refractivity contribution in [3.8, 4) is 0 Å². The van der Waals surface area contributed by atoms with Crippen molar-refractivity contribution in [1.29, 1.82) is 0 Å². The predicted octanol–water partition coefficient (Wildman–Crippen LogP) is 2.83. The molecular weight excluding hydrogens is 264 g/mol. The molecule has 4 nitrogen and oxygen atoms in total. The van der Waals surface area contributed by atoms with Crippen LogP contribution in [0.3, 0.4) is 0 Å². The first-order chi connectivity index (χ1) is 10.0. The highest BCUT2D eigenvalue weighted by Gasteiger charge is 2.17. The van der Waals surface area contributed by atoms with Crippen LogP contribution in [-0.2, 0) is 16.0 Å². The minimum atomic E-state index is -0.0257. The second-order valence-corrected chi connectivity index (χ2v) is 5.21. The number of rotatable bonds is 7. The highest BCUT2D eigenvalue weighted by molar-refractivity contribution is 5.94. The number of aryl methyl sites for hydroxylation is 2. The number of hydrogen-bond acceptors (Lipinski definition) is 2. The summed E-state index contributed by atoms with van der Waals surface area (Å²) in [5.74, 6) is -0.0305. The van der Waals surface area contributed by atoms with Crippen molar-refractivity contribution in [3.63, 3.8) is 0 Å². The minimum absolute atomic E-state index is 0.00488. The summed E-state index contributed by atoms with van der Waals surface area (Å²) in [6.07, 6.45) is 2.11. The molecule has 1 rings (SSSR count). The van der Waals surface area contributed by atoms with Crippen LogP contribution in [0.25, 0.3) is 0 Å². The van der Waals surface area contributed by atoms with E-state index in [0.717, 1.165) is 29.7 Å². The lowest BCUT2D eigenvalue weighted by molar-refractivity contribution is -0.121. The Morgan fingerprint density at radius 1 is 1.24 bits per heavy atom. The summed E-state index contributed by atoms with van der Waals surface area (Å²) in [5, 5.41) is 2.84. The molecule has 1 aromatic carbocycles. The summed E-state index contributed by atoms with van der Waals surface area (Å²) < 4.78 is 0. The van der Waals surface area contributed by atoms with E-state index in [1.807, 2.05) is 32.0 Å². The van der Waals surface area contributed by atoms with Crippen molar-refractivity contribution in [3.05, 3.63) is 29.3 Å². The van der Waals surface area contributed by atoms with Crippen LogP contribution in [0.15, 0.2) is 18.2 Å². The molecule has 0 saturated heterocycles. The van der Waals surface area contributed by atoms with Crippen LogP contribution in [0.5, 0.6) is 0 Å². The van der Waals surface area contributed by atoms with Gasteiger partial charge in [0.25, 0.3) is 0 Å². The van der Waals surface area contributed by atoms with Gasteiger partial charge in [0.15, 0.2) is 0 Å². The van der Waals surface area contributed by atoms with Gasteiger partial charge in [-0.05, 0) is 30.9 Å². The fraction of sp³-hybridized carbons (Fsp3) is 0.529. The number of amides is 2. The lowest BCUT2D eigenvalue weighted by Crippen LogP contribution is -2.35. The van der Waals surface area contributed by atoms with E-state index in [1.165, 1.54) is 0 Å². The van der Waals surface area contributed by atoms with Crippen LogP contribution in [-0.4, -0.2) is 24.9 Å². The molecule has 21 heavy (non-hydrogen) atoms. The molecular formula is C17H26N2O2. The summed E-state index contributed by atoms with van der Waals surface area (Å²) >= 11 is 0. The maximum absolute atomic E-state index is 12.0. The second-order valence-electron chi connectivity index (χ2n) is 5.21. The van der Waals surface area contributed by atoms with Crippen molar-refractivity contribution < 1.29 is 9.59 Å². The maximum atomic E-state index is 12.0. The Hall–Kier alpha value is -1.84. The van der Waals surface area contributed by atoms with Crippen LogP contribution in [0, 0.1) is 6.92 Å². The largest absolute Gasteiger partial charge is 0.356 e. The number of hydrogen-bond donors (Lipinski definition) is 1. The number of para-hydroxylation sites is 1. The van der Waals surface area contributed by atoms with E-state index in [1.54, 1.807) is 11.8 Å². The quantitative estimate of drug-likeness (QED) is 0.839. The molecule has 2 amide bonds. The van der Waals surface area contributed by atoms with Gasteiger partial charge in [-0.3, -0.25) is 9.59 Å². The molecule has 116 valence electrons. The normalized spacial score (nSPS) is 10.3. The molecule has 0 unspecified atom stereocenters. The number of nitrogens with one attached hydrogen (secondary N) is 1. The Kier molecular flexibility index (Phi) is 6.92. The number of carbonyl (C=O) groups is 2. The zero-order valence-electron chi connectivity index (χ0n) is 13.5. The lowest BCUT2D eigenvalue weighted by Gasteiger charge is -2.25. The van der Waals surface area contributed by atoms with Crippen LogP contribution < -0.4 is 10.2 Å². The Morgan fingerprint density at radius 3 is 2.52 bits per heavy atom. The number of benzene rings is 1. The van der Waals surface area contributed by atoms with Crippen molar-refractivity contribution in [1.82, 2.24) is 5.32 Å². The van der Waals surface area contributed by atoms with Crippen LogP contribution in [0.4, 0.5) is 5.69 Å². The minimum Gasteiger partial charge on any atom is -0.356 e. The van der Waals surface area contributed by atoms with Gasteiger partial charge >= 0.3 is 0 Å². The molecule has 1 aromatic rings. The first-order valence-corrected chi connectivity index (χ1v) is 7.64. The molecule has 0 aliphatic heterocycles. The zero-order chi connectivity index (χ0) is 15.8. The van der Waals surface area contributed by atoms with Gasteiger partial charge in [-0.1, -0.05) is 32.0 Å². The van der Waals surface area contributed by atoms with E-state index in [-0.39, 0.29) is 11.8 Å². The molecule has 0 aliphatic rings. The second kappa shape index (κ2) is 8.45. The van der Waals surface area contributed by atoms with E-state index in [4.69, 9.17) is 0 Å². The first-order valence-electron chi connectivity index (χ1n) is 7.64.